The van der Waals surface area contributed by atoms with E-state index in [1.165, 1.54) is 31.2 Å². The van der Waals surface area contributed by atoms with E-state index in [2.05, 4.69) is 6.58 Å². The van der Waals surface area contributed by atoms with Crippen LogP contribution in [0.2, 0.25) is 0 Å². The van der Waals surface area contributed by atoms with Crippen LogP contribution in [-0.4, -0.2) is 10.7 Å². The minimum absolute atomic E-state index is 0.0500. The van der Waals surface area contributed by atoms with E-state index in [0.717, 1.165) is 6.26 Å². The molecule has 0 saturated carbocycles. The molecule has 0 N–H and O–H groups in total. The summed E-state index contributed by atoms with van der Waals surface area (Å²) in [7, 11) is 0. The number of hydrogen-bond donors (Lipinski definition) is 0. The molecular weight excluding hydrogens is 286 g/mol. The SMILES string of the molecule is C=CCc1c(-c2cccc([N+](=O)[O-])c2)occ(C(C)=O)c1=O. The third kappa shape index (κ3) is 2.85. The first kappa shape index (κ1) is 15.4. The number of carbonyl (C=O) groups excluding carboxylic acids is 1. The lowest BCUT2D eigenvalue weighted by Crippen LogP contribution is -2.17. The zero-order valence-corrected chi connectivity index (χ0v) is 11.9. The molecule has 0 radical (unpaired) electrons. The average Bonchev–Trinajstić information content (AvgIpc) is 2.49. The molecule has 0 fully saturated rings. The fourth-order valence-electron chi connectivity index (χ4n) is 2.08. The lowest BCUT2D eigenvalue weighted by Gasteiger charge is -2.07. The van der Waals surface area contributed by atoms with Gasteiger partial charge in [0.1, 0.15) is 17.6 Å². The van der Waals surface area contributed by atoms with Gasteiger partial charge in [-0.05, 0) is 13.3 Å². The van der Waals surface area contributed by atoms with E-state index in [-0.39, 0.29) is 29.0 Å². The quantitative estimate of drug-likeness (QED) is 0.366. The molecule has 0 spiro atoms. The van der Waals surface area contributed by atoms with Crippen LogP contribution in [-0.2, 0) is 6.42 Å². The molecule has 112 valence electrons. The van der Waals surface area contributed by atoms with Crippen LogP contribution in [0, 0.1) is 10.1 Å². The van der Waals surface area contributed by atoms with Crippen molar-refractivity contribution in [2.24, 2.45) is 0 Å². The van der Waals surface area contributed by atoms with Crippen LogP contribution in [0.4, 0.5) is 5.69 Å². The maximum atomic E-state index is 12.4. The highest BCUT2D eigenvalue weighted by Gasteiger charge is 2.18. The predicted octanol–water partition coefficient (Wildman–Crippen LogP) is 3.15. The molecule has 1 heterocycles. The Morgan fingerprint density at radius 1 is 1.45 bits per heavy atom. The summed E-state index contributed by atoms with van der Waals surface area (Å²) in [6.07, 6.45) is 2.80. The summed E-state index contributed by atoms with van der Waals surface area (Å²) in [5.41, 5.74) is 0.0491. The van der Waals surface area contributed by atoms with Crippen molar-refractivity contribution in [1.29, 1.82) is 0 Å². The number of Topliss-reactive ketones (excluding diaryl/α,β-unsaturated/α-hetero) is 1. The molecule has 0 aliphatic heterocycles. The Hall–Kier alpha value is -3.02. The third-order valence-corrected chi connectivity index (χ3v) is 3.13. The van der Waals surface area contributed by atoms with Gasteiger partial charge in [0.2, 0.25) is 0 Å². The Bertz CT molecular complexity index is 820. The number of nitro benzene ring substituents is 1. The molecule has 0 saturated heterocycles. The summed E-state index contributed by atoms with van der Waals surface area (Å²) in [6, 6.07) is 5.77. The van der Waals surface area contributed by atoms with Crippen molar-refractivity contribution in [2.45, 2.75) is 13.3 Å². The predicted molar refractivity (Wildman–Crippen MR) is 81.0 cm³/mol. The zero-order valence-electron chi connectivity index (χ0n) is 11.9. The van der Waals surface area contributed by atoms with Gasteiger partial charge in [-0.1, -0.05) is 18.2 Å². The minimum atomic E-state index is -0.529. The smallest absolute Gasteiger partial charge is 0.270 e. The van der Waals surface area contributed by atoms with Crippen LogP contribution in [0.5, 0.6) is 0 Å². The number of nitro groups is 1. The number of rotatable bonds is 5. The van der Waals surface area contributed by atoms with E-state index in [0.29, 0.717) is 5.56 Å². The Morgan fingerprint density at radius 3 is 2.77 bits per heavy atom. The molecule has 1 aromatic heterocycles. The van der Waals surface area contributed by atoms with E-state index < -0.39 is 16.1 Å². The van der Waals surface area contributed by atoms with Gasteiger partial charge in [0, 0.05) is 23.3 Å². The van der Waals surface area contributed by atoms with Crippen LogP contribution in [0.1, 0.15) is 22.8 Å². The highest BCUT2D eigenvalue weighted by molar-refractivity contribution is 5.94. The number of carbonyl (C=O) groups is 1. The van der Waals surface area contributed by atoms with Crippen LogP contribution < -0.4 is 5.43 Å². The summed E-state index contributed by atoms with van der Waals surface area (Å²) in [6.45, 7) is 4.85. The van der Waals surface area contributed by atoms with Crippen molar-refractivity contribution in [3.8, 4) is 11.3 Å². The van der Waals surface area contributed by atoms with Crippen LogP contribution >= 0.6 is 0 Å². The summed E-state index contributed by atoms with van der Waals surface area (Å²) in [5.74, 6) is -0.191. The van der Waals surface area contributed by atoms with Crippen molar-refractivity contribution in [1.82, 2.24) is 0 Å². The maximum Gasteiger partial charge on any atom is 0.270 e. The van der Waals surface area contributed by atoms with Gasteiger partial charge in [0.15, 0.2) is 11.2 Å². The average molecular weight is 299 g/mol. The normalized spacial score (nSPS) is 10.2. The number of allylic oxidation sites excluding steroid dienone is 1. The van der Waals surface area contributed by atoms with Crippen molar-refractivity contribution in [2.75, 3.05) is 0 Å². The summed E-state index contributed by atoms with van der Waals surface area (Å²) < 4.78 is 5.41. The number of non-ortho nitro benzene ring substituents is 1. The molecular formula is C16H13NO5. The number of ketones is 1. The van der Waals surface area contributed by atoms with Crippen LogP contribution in [0.15, 0.2) is 52.4 Å². The highest BCUT2D eigenvalue weighted by atomic mass is 16.6. The Morgan fingerprint density at radius 2 is 2.18 bits per heavy atom. The summed E-state index contributed by atoms with van der Waals surface area (Å²) in [4.78, 5) is 34.1. The molecule has 0 unspecified atom stereocenters. The van der Waals surface area contributed by atoms with Gasteiger partial charge in [0.05, 0.1) is 4.92 Å². The second kappa shape index (κ2) is 6.17. The second-order valence-corrected chi connectivity index (χ2v) is 4.64. The zero-order chi connectivity index (χ0) is 16.3. The molecule has 0 amide bonds. The van der Waals surface area contributed by atoms with Gasteiger partial charge in [-0.3, -0.25) is 19.7 Å². The minimum Gasteiger partial charge on any atom is -0.463 e. The second-order valence-electron chi connectivity index (χ2n) is 4.64. The van der Waals surface area contributed by atoms with Crippen molar-refractivity contribution in [3.63, 3.8) is 0 Å². The van der Waals surface area contributed by atoms with E-state index in [4.69, 9.17) is 4.42 Å². The molecule has 0 aliphatic rings. The van der Waals surface area contributed by atoms with E-state index in [1.54, 1.807) is 6.07 Å². The van der Waals surface area contributed by atoms with Crippen molar-refractivity contribution >= 4 is 11.5 Å². The number of benzene rings is 1. The lowest BCUT2D eigenvalue weighted by molar-refractivity contribution is -0.384. The Kier molecular flexibility index (Phi) is 4.31. The van der Waals surface area contributed by atoms with Gasteiger partial charge in [-0.25, -0.2) is 0 Å². The number of nitrogens with zero attached hydrogens (tertiary/aromatic N) is 1. The van der Waals surface area contributed by atoms with E-state index in [1.807, 2.05) is 0 Å². The van der Waals surface area contributed by atoms with E-state index >= 15 is 0 Å². The molecule has 2 rings (SSSR count). The van der Waals surface area contributed by atoms with Crippen LogP contribution in [0.3, 0.4) is 0 Å². The molecule has 0 aliphatic carbocycles. The summed E-state index contributed by atoms with van der Waals surface area (Å²) in [5, 5.41) is 10.9. The fourth-order valence-corrected chi connectivity index (χ4v) is 2.08. The maximum absolute atomic E-state index is 12.4. The fraction of sp³-hybridized carbons (Fsp3) is 0.125. The van der Waals surface area contributed by atoms with Crippen molar-refractivity contribution < 1.29 is 14.1 Å². The monoisotopic (exact) mass is 299 g/mol. The first-order chi connectivity index (χ1) is 10.5. The van der Waals surface area contributed by atoms with Gasteiger partial charge >= 0.3 is 0 Å². The molecule has 0 bridgehead atoms. The molecule has 0 atom stereocenters. The molecule has 6 nitrogen and oxygen atoms in total. The molecule has 6 heteroatoms. The van der Waals surface area contributed by atoms with Crippen LogP contribution in [0.25, 0.3) is 11.3 Å². The van der Waals surface area contributed by atoms with Gasteiger partial charge in [-0.15, -0.1) is 6.58 Å². The molecule has 1 aromatic carbocycles. The van der Waals surface area contributed by atoms with Gasteiger partial charge in [0.25, 0.3) is 5.69 Å². The number of hydrogen-bond acceptors (Lipinski definition) is 5. The van der Waals surface area contributed by atoms with Crippen molar-refractivity contribution in [3.05, 3.63) is 74.6 Å². The topological polar surface area (TPSA) is 90.4 Å². The third-order valence-electron chi connectivity index (χ3n) is 3.13. The summed E-state index contributed by atoms with van der Waals surface area (Å²) >= 11 is 0. The lowest BCUT2D eigenvalue weighted by atomic mass is 10.0. The standard InChI is InChI=1S/C16H13NO5/c1-3-5-13-15(19)14(10(2)18)9-22-16(13)11-6-4-7-12(8-11)17(20)21/h3-4,6-9H,1,5H2,2H3. The molecule has 22 heavy (non-hydrogen) atoms. The Labute approximate surface area is 125 Å². The first-order valence-electron chi connectivity index (χ1n) is 6.47. The van der Waals surface area contributed by atoms with Gasteiger partial charge < -0.3 is 4.42 Å². The first-order valence-corrected chi connectivity index (χ1v) is 6.47. The van der Waals surface area contributed by atoms with E-state index in [9.17, 15) is 19.7 Å². The largest absolute Gasteiger partial charge is 0.463 e. The highest BCUT2D eigenvalue weighted by Crippen LogP contribution is 2.26. The Balaban J connectivity index is 2.70. The molecule has 2 aromatic rings. The van der Waals surface area contributed by atoms with Gasteiger partial charge in [-0.2, -0.15) is 0 Å².